The van der Waals surface area contributed by atoms with Crippen molar-refractivity contribution in [3.05, 3.63) is 35.1 Å². The second-order valence-corrected chi connectivity index (χ2v) is 4.67. The van der Waals surface area contributed by atoms with Crippen LogP contribution >= 0.6 is 11.6 Å². The van der Waals surface area contributed by atoms with Gasteiger partial charge in [0.05, 0.1) is 0 Å². The minimum absolute atomic E-state index is 0.534. The van der Waals surface area contributed by atoms with Crippen molar-refractivity contribution in [2.24, 2.45) is 5.92 Å². The van der Waals surface area contributed by atoms with E-state index in [1.54, 1.807) is 0 Å². The molecule has 1 aromatic heterocycles. The number of fused-ring (bicyclic) bond motifs is 2. The van der Waals surface area contributed by atoms with Crippen LogP contribution in [0, 0.1) is 5.92 Å². The van der Waals surface area contributed by atoms with E-state index >= 15 is 0 Å². The average Bonchev–Trinajstić information content (AvgIpc) is 2.55. The average molecular weight is 221 g/mol. The Balaban J connectivity index is 1.94. The van der Waals surface area contributed by atoms with Gasteiger partial charge in [-0.3, -0.25) is 0 Å². The van der Waals surface area contributed by atoms with Gasteiger partial charge >= 0.3 is 0 Å². The summed E-state index contributed by atoms with van der Waals surface area (Å²) in [6, 6.07) is 4.45. The van der Waals surface area contributed by atoms with Crippen LogP contribution in [0.1, 0.15) is 18.4 Å². The lowest BCUT2D eigenvalue weighted by atomic mass is 9.98. The largest absolute Gasteiger partial charge is 0.310 e. The van der Waals surface area contributed by atoms with Crippen LogP contribution in [0.4, 0.5) is 0 Å². The molecule has 3 heteroatoms. The molecule has 2 heterocycles. The Morgan fingerprint density at radius 3 is 3.07 bits per heavy atom. The van der Waals surface area contributed by atoms with Crippen molar-refractivity contribution in [2.45, 2.75) is 18.9 Å². The molecule has 1 aromatic rings. The third-order valence-electron chi connectivity index (χ3n) is 3.30. The maximum atomic E-state index is 5.78. The van der Waals surface area contributed by atoms with E-state index in [2.05, 4.69) is 22.4 Å². The van der Waals surface area contributed by atoms with Gasteiger partial charge in [-0.25, -0.2) is 4.98 Å². The van der Waals surface area contributed by atoms with E-state index in [4.69, 9.17) is 11.6 Å². The Bertz CT molecular complexity index is 397. The number of hydrogen-bond donors (Lipinski definition) is 1. The zero-order valence-corrected chi connectivity index (χ0v) is 9.17. The summed E-state index contributed by atoms with van der Waals surface area (Å²) in [6.45, 7) is 1.14. The monoisotopic (exact) mass is 220 g/mol. The highest BCUT2D eigenvalue weighted by Crippen LogP contribution is 2.36. The summed E-state index contributed by atoms with van der Waals surface area (Å²) in [5.74, 6) is 0.766. The van der Waals surface area contributed by atoms with Gasteiger partial charge < -0.3 is 5.32 Å². The number of piperidine rings is 1. The second kappa shape index (κ2) is 3.62. The van der Waals surface area contributed by atoms with Gasteiger partial charge in [0.15, 0.2) is 0 Å². The Labute approximate surface area is 94.4 Å². The molecule has 15 heavy (non-hydrogen) atoms. The third-order valence-corrected chi connectivity index (χ3v) is 3.52. The van der Waals surface area contributed by atoms with Crippen molar-refractivity contribution in [3.63, 3.8) is 0 Å². The first kappa shape index (κ1) is 9.37. The first-order valence-electron chi connectivity index (χ1n) is 5.40. The van der Waals surface area contributed by atoms with E-state index in [-0.39, 0.29) is 0 Å². The van der Waals surface area contributed by atoms with E-state index in [0.717, 1.165) is 12.5 Å². The van der Waals surface area contributed by atoms with Crippen molar-refractivity contribution >= 4 is 17.2 Å². The summed E-state index contributed by atoms with van der Waals surface area (Å²) < 4.78 is 0. The predicted molar refractivity (Wildman–Crippen MR) is 61.7 cm³/mol. The van der Waals surface area contributed by atoms with Crippen LogP contribution in [0.3, 0.4) is 0 Å². The highest BCUT2D eigenvalue weighted by atomic mass is 35.5. The standard InChI is InChI=1S/C12H13ClN2/c13-12-2-1-9(7-15-12)10-5-8-3-4-14-11(10)6-8/h1-2,5,7-8,11,14H,3-4,6H2. The van der Waals surface area contributed by atoms with Crippen LogP contribution in [0.15, 0.2) is 24.4 Å². The first-order chi connectivity index (χ1) is 7.33. The number of pyridine rings is 1. The van der Waals surface area contributed by atoms with Crippen molar-refractivity contribution < 1.29 is 0 Å². The Morgan fingerprint density at radius 2 is 2.33 bits per heavy atom. The first-order valence-corrected chi connectivity index (χ1v) is 5.78. The highest BCUT2D eigenvalue weighted by Gasteiger charge is 2.30. The number of aromatic nitrogens is 1. The van der Waals surface area contributed by atoms with Crippen LogP contribution in [-0.2, 0) is 0 Å². The number of rotatable bonds is 1. The van der Waals surface area contributed by atoms with Gasteiger partial charge in [-0.05, 0) is 42.5 Å². The van der Waals surface area contributed by atoms with Crippen LogP contribution < -0.4 is 5.32 Å². The van der Waals surface area contributed by atoms with Gasteiger partial charge in [-0.15, -0.1) is 0 Å². The van der Waals surface area contributed by atoms with Gasteiger partial charge in [0.2, 0.25) is 0 Å². The molecule has 1 saturated heterocycles. The van der Waals surface area contributed by atoms with Gasteiger partial charge in [0.1, 0.15) is 5.15 Å². The summed E-state index contributed by atoms with van der Waals surface area (Å²) in [6.07, 6.45) is 6.78. The lowest BCUT2D eigenvalue weighted by Gasteiger charge is -2.22. The van der Waals surface area contributed by atoms with E-state index < -0.39 is 0 Å². The third kappa shape index (κ3) is 1.68. The van der Waals surface area contributed by atoms with E-state index in [1.807, 2.05) is 12.3 Å². The van der Waals surface area contributed by atoms with Crippen LogP contribution in [-0.4, -0.2) is 17.6 Å². The molecule has 1 fully saturated rings. The molecular weight excluding hydrogens is 208 g/mol. The molecule has 0 spiro atoms. The molecule has 78 valence electrons. The molecule has 0 saturated carbocycles. The van der Waals surface area contributed by atoms with Gasteiger partial charge in [0, 0.05) is 12.2 Å². The molecular formula is C12H13ClN2. The lowest BCUT2D eigenvalue weighted by Crippen LogP contribution is -2.34. The fraction of sp³-hybridized carbons (Fsp3) is 0.417. The molecule has 1 N–H and O–H groups in total. The zero-order valence-electron chi connectivity index (χ0n) is 8.41. The predicted octanol–water partition coefficient (Wildman–Crippen LogP) is 2.50. The molecule has 2 atom stereocenters. The molecule has 0 amide bonds. The number of allylic oxidation sites excluding steroid dienone is 1. The van der Waals surface area contributed by atoms with Gasteiger partial charge in [0.25, 0.3) is 0 Å². The van der Waals surface area contributed by atoms with Crippen molar-refractivity contribution in [3.8, 4) is 0 Å². The SMILES string of the molecule is Clc1ccc(C2=CC3CCNC2C3)cn1. The number of nitrogens with one attached hydrogen (secondary N) is 1. The minimum atomic E-state index is 0.534. The summed E-state index contributed by atoms with van der Waals surface area (Å²) in [7, 11) is 0. The van der Waals surface area contributed by atoms with E-state index in [1.165, 1.54) is 24.0 Å². The van der Waals surface area contributed by atoms with Crippen molar-refractivity contribution in [1.29, 1.82) is 0 Å². The fourth-order valence-corrected chi connectivity index (χ4v) is 2.66. The molecule has 3 rings (SSSR count). The van der Waals surface area contributed by atoms with E-state index in [9.17, 15) is 0 Å². The molecule has 2 bridgehead atoms. The van der Waals surface area contributed by atoms with Crippen LogP contribution in [0.5, 0.6) is 0 Å². The molecule has 2 nitrogen and oxygen atoms in total. The second-order valence-electron chi connectivity index (χ2n) is 4.28. The van der Waals surface area contributed by atoms with Crippen molar-refractivity contribution in [2.75, 3.05) is 6.54 Å². The van der Waals surface area contributed by atoms with Gasteiger partial charge in [-0.1, -0.05) is 23.7 Å². The fourth-order valence-electron chi connectivity index (χ4n) is 2.55. The number of halogens is 1. The van der Waals surface area contributed by atoms with Crippen LogP contribution in [0.2, 0.25) is 5.15 Å². The summed E-state index contributed by atoms with van der Waals surface area (Å²) in [4.78, 5) is 4.13. The molecule has 1 aliphatic carbocycles. The van der Waals surface area contributed by atoms with Gasteiger partial charge in [-0.2, -0.15) is 0 Å². The van der Waals surface area contributed by atoms with E-state index in [0.29, 0.717) is 11.2 Å². The van der Waals surface area contributed by atoms with Crippen molar-refractivity contribution in [1.82, 2.24) is 10.3 Å². The Morgan fingerprint density at radius 1 is 1.40 bits per heavy atom. The Hall–Kier alpha value is -0.860. The molecule has 1 aliphatic heterocycles. The summed E-state index contributed by atoms with van der Waals surface area (Å²) >= 11 is 5.78. The zero-order chi connectivity index (χ0) is 10.3. The smallest absolute Gasteiger partial charge is 0.129 e. The topological polar surface area (TPSA) is 24.9 Å². The summed E-state index contributed by atoms with van der Waals surface area (Å²) in [5, 5.41) is 4.11. The normalized spacial score (nSPS) is 29.0. The maximum absolute atomic E-state index is 5.78. The molecule has 0 aromatic carbocycles. The number of hydrogen-bond acceptors (Lipinski definition) is 2. The minimum Gasteiger partial charge on any atom is -0.310 e. The molecule has 0 radical (unpaired) electrons. The molecule has 2 unspecified atom stereocenters. The quantitative estimate of drug-likeness (QED) is 0.736. The lowest BCUT2D eigenvalue weighted by molar-refractivity contribution is 0.417. The maximum Gasteiger partial charge on any atom is 0.129 e. The summed E-state index contributed by atoms with van der Waals surface area (Å²) in [5.41, 5.74) is 2.61. The highest BCUT2D eigenvalue weighted by molar-refractivity contribution is 6.29. The molecule has 2 aliphatic rings. The Kier molecular flexibility index (Phi) is 2.26. The van der Waals surface area contributed by atoms with Crippen LogP contribution in [0.25, 0.3) is 5.57 Å². The number of nitrogens with zero attached hydrogens (tertiary/aromatic N) is 1.